The Kier molecular flexibility index (Phi) is 7.20. The maximum atomic E-state index is 9.16. The lowest BCUT2D eigenvalue weighted by atomic mass is 9.83. The fourth-order valence-corrected chi connectivity index (χ4v) is 2.28. The average Bonchev–Trinajstić information content (AvgIpc) is 2.12. The monoisotopic (exact) mass is 215 g/mol. The number of nitrogens with zero attached hydrogens (tertiary/aromatic N) is 1. The third-order valence-electron chi connectivity index (χ3n) is 2.86. The molecule has 1 N–H and O–H groups in total. The van der Waals surface area contributed by atoms with Crippen molar-refractivity contribution >= 4 is 0 Å². The molecule has 0 aromatic rings. The highest BCUT2D eigenvalue weighted by molar-refractivity contribution is 4.82. The summed E-state index contributed by atoms with van der Waals surface area (Å²) in [6, 6.07) is 0.502. The molecule has 1 unspecified atom stereocenters. The van der Waals surface area contributed by atoms with Crippen molar-refractivity contribution in [2.24, 2.45) is 5.41 Å². The van der Waals surface area contributed by atoms with E-state index in [1.165, 1.54) is 12.8 Å². The predicted octanol–water partition coefficient (Wildman–Crippen LogP) is 2.91. The van der Waals surface area contributed by atoms with E-state index in [4.69, 9.17) is 5.11 Å². The second kappa shape index (κ2) is 7.24. The van der Waals surface area contributed by atoms with Crippen LogP contribution in [0.15, 0.2) is 0 Å². The summed E-state index contributed by atoms with van der Waals surface area (Å²) >= 11 is 0. The van der Waals surface area contributed by atoms with Crippen LogP contribution in [0.3, 0.4) is 0 Å². The van der Waals surface area contributed by atoms with Crippen LogP contribution in [0.2, 0.25) is 0 Å². The van der Waals surface area contributed by atoms with Crippen molar-refractivity contribution < 1.29 is 5.11 Å². The van der Waals surface area contributed by atoms with Crippen LogP contribution in [0.4, 0.5) is 0 Å². The Morgan fingerprint density at radius 2 is 1.53 bits per heavy atom. The van der Waals surface area contributed by atoms with Gasteiger partial charge in [-0.1, -0.05) is 34.6 Å². The molecule has 1 atom stereocenters. The van der Waals surface area contributed by atoms with Gasteiger partial charge in [-0.2, -0.15) is 0 Å². The van der Waals surface area contributed by atoms with Crippen molar-refractivity contribution in [1.82, 2.24) is 4.90 Å². The lowest BCUT2D eigenvalue weighted by Crippen LogP contribution is -2.45. The number of rotatable bonds is 7. The van der Waals surface area contributed by atoms with Gasteiger partial charge in [0, 0.05) is 12.6 Å². The highest BCUT2D eigenvalue weighted by atomic mass is 16.3. The van der Waals surface area contributed by atoms with E-state index in [-0.39, 0.29) is 5.41 Å². The molecule has 0 spiro atoms. The molecule has 0 saturated carbocycles. The van der Waals surface area contributed by atoms with Gasteiger partial charge in [-0.3, -0.25) is 4.90 Å². The second-order valence-corrected chi connectivity index (χ2v) is 5.43. The van der Waals surface area contributed by atoms with Crippen molar-refractivity contribution in [1.29, 1.82) is 0 Å². The third kappa shape index (κ3) is 5.53. The highest BCUT2D eigenvalue weighted by Crippen LogP contribution is 2.27. The summed E-state index contributed by atoms with van der Waals surface area (Å²) in [6.07, 6.45) is 3.28. The molecule has 0 radical (unpaired) electrons. The van der Waals surface area contributed by atoms with E-state index < -0.39 is 0 Å². The standard InChI is InChI=1S/C13H29NO/c1-6-9-14(10-7-2)12(8-11-15)13(3,4)5/h12,15H,6-11H2,1-5H3. The van der Waals surface area contributed by atoms with Gasteiger partial charge in [0.05, 0.1) is 0 Å². The minimum absolute atomic E-state index is 0.257. The Balaban J connectivity index is 4.51. The Morgan fingerprint density at radius 3 is 1.80 bits per heavy atom. The molecular weight excluding hydrogens is 186 g/mol. The van der Waals surface area contributed by atoms with E-state index in [1.54, 1.807) is 0 Å². The van der Waals surface area contributed by atoms with Crippen LogP contribution >= 0.6 is 0 Å². The van der Waals surface area contributed by atoms with Gasteiger partial charge in [-0.05, 0) is 37.8 Å². The van der Waals surface area contributed by atoms with Crippen LogP contribution in [0.5, 0.6) is 0 Å². The average molecular weight is 215 g/mol. The summed E-state index contributed by atoms with van der Waals surface area (Å²) in [5, 5.41) is 9.16. The molecule has 0 aromatic carbocycles. The van der Waals surface area contributed by atoms with Gasteiger partial charge in [-0.15, -0.1) is 0 Å². The molecule has 0 amide bonds. The van der Waals surface area contributed by atoms with Gasteiger partial charge >= 0.3 is 0 Å². The molecule has 2 nitrogen and oxygen atoms in total. The summed E-state index contributed by atoms with van der Waals surface area (Å²) in [5.41, 5.74) is 0.257. The summed E-state index contributed by atoms with van der Waals surface area (Å²) in [4.78, 5) is 2.54. The Bertz CT molecular complexity index is 145. The van der Waals surface area contributed by atoms with Crippen LogP contribution in [0, 0.1) is 5.41 Å². The molecule has 0 bridgehead atoms. The van der Waals surface area contributed by atoms with E-state index >= 15 is 0 Å². The van der Waals surface area contributed by atoms with E-state index in [2.05, 4.69) is 39.5 Å². The molecule has 0 aliphatic rings. The molecule has 15 heavy (non-hydrogen) atoms. The third-order valence-corrected chi connectivity index (χ3v) is 2.86. The normalized spacial score (nSPS) is 14.6. The SMILES string of the molecule is CCCN(CCC)C(CCO)C(C)(C)C. The number of hydrogen-bond acceptors (Lipinski definition) is 2. The van der Waals surface area contributed by atoms with Crippen molar-refractivity contribution in [3.05, 3.63) is 0 Å². The summed E-state index contributed by atoms with van der Waals surface area (Å²) in [7, 11) is 0. The fourth-order valence-electron chi connectivity index (χ4n) is 2.28. The smallest absolute Gasteiger partial charge is 0.0446 e. The lowest BCUT2D eigenvalue weighted by molar-refractivity contribution is 0.0745. The first-order chi connectivity index (χ1) is 6.97. The van der Waals surface area contributed by atoms with Gasteiger partial charge < -0.3 is 5.11 Å². The fraction of sp³-hybridized carbons (Fsp3) is 1.00. The Hall–Kier alpha value is -0.0800. The summed E-state index contributed by atoms with van der Waals surface area (Å²) < 4.78 is 0. The van der Waals surface area contributed by atoms with Gasteiger partial charge in [0.15, 0.2) is 0 Å². The predicted molar refractivity (Wildman–Crippen MR) is 67.1 cm³/mol. The molecular formula is C13H29NO. The Labute approximate surface area is 95.7 Å². The lowest BCUT2D eigenvalue weighted by Gasteiger charge is -2.40. The van der Waals surface area contributed by atoms with E-state index in [9.17, 15) is 0 Å². The first-order valence-electron chi connectivity index (χ1n) is 6.32. The molecule has 0 aliphatic heterocycles. The summed E-state index contributed by atoms with van der Waals surface area (Å²) in [5.74, 6) is 0. The number of aliphatic hydroxyl groups is 1. The van der Waals surface area contributed by atoms with E-state index in [1.807, 2.05) is 0 Å². The first-order valence-corrected chi connectivity index (χ1v) is 6.32. The van der Waals surface area contributed by atoms with Crippen molar-refractivity contribution in [2.75, 3.05) is 19.7 Å². The highest BCUT2D eigenvalue weighted by Gasteiger charge is 2.28. The largest absolute Gasteiger partial charge is 0.396 e. The number of hydrogen-bond donors (Lipinski definition) is 1. The van der Waals surface area contributed by atoms with Gasteiger partial charge in [0.2, 0.25) is 0 Å². The van der Waals surface area contributed by atoms with Crippen LogP contribution < -0.4 is 0 Å². The zero-order valence-electron chi connectivity index (χ0n) is 11.2. The van der Waals surface area contributed by atoms with Gasteiger partial charge in [0.25, 0.3) is 0 Å². The Morgan fingerprint density at radius 1 is 1.07 bits per heavy atom. The van der Waals surface area contributed by atoms with Crippen LogP contribution in [-0.4, -0.2) is 35.7 Å². The molecule has 92 valence electrons. The van der Waals surface area contributed by atoms with Crippen LogP contribution in [0.1, 0.15) is 53.9 Å². The number of aliphatic hydroxyl groups excluding tert-OH is 1. The maximum absolute atomic E-state index is 9.16. The summed E-state index contributed by atoms with van der Waals surface area (Å²) in [6.45, 7) is 13.9. The minimum atomic E-state index is 0.257. The van der Waals surface area contributed by atoms with Crippen molar-refractivity contribution in [2.45, 2.75) is 59.9 Å². The molecule has 0 heterocycles. The minimum Gasteiger partial charge on any atom is -0.396 e. The molecule has 0 aromatic heterocycles. The topological polar surface area (TPSA) is 23.5 Å². The molecule has 0 fully saturated rings. The van der Waals surface area contributed by atoms with Gasteiger partial charge in [0.1, 0.15) is 0 Å². The van der Waals surface area contributed by atoms with Crippen LogP contribution in [0.25, 0.3) is 0 Å². The zero-order chi connectivity index (χ0) is 11.9. The zero-order valence-corrected chi connectivity index (χ0v) is 11.2. The maximum Gasteiger partial charge on any atom is 0.0446 e. The molecule has 2 heteroatoms. The molecule has 0 rings (SSSR count). The quantitative estimate of drug-likeness (QED) is 0.706. The van der Waals surface area contributed by atoms with E-state index in [0.29, 0.717) is 12.6 Å². The first kappa shape index (κ1) is 14.9. The second-order valence-electron chi connectivity index (χ2n) is 5.43. The molecule has 0 aliphatic carbocycles. The van der Waals surface area contributed by atoms with Crippen LogP contribution in [-0.2, 0) is 0 Å². The van der Waals surface area contributed by atoms with Gasteiger partial charge in [-0.25, -0.2) is 0 Å². The van der Waals surface area contributed by atoms with Crippen molar-refractivity contribution in [3.63, 3.8) is 0 Å². The molecule has 0 saturated heterocycles. The van der Waals surface area contributed by atoms with E-state index in [0.717, 1.165) is 19.5 Å². The van der Waals surface area contributed by atoms with Crippen molar-refractivity contribution in [3.8, 4) is 0 Å².